The normalized spacial score (nSPS) is 10.9. The van der Waals surface area contributed by atoms with Crippen LogP contribution in [0, 0.1) is 0 Å². The molecule has 1 heterocycles. The standard InChI is InChI=1S/C10H15N3O4S/c1-10(2,3)17-9(15)11-8-13-12-6(18-8)5-7(14)16-4/h5H2,1-4H3,(H,11,13,15). The Labute approximate surface area is 108 Å². The molecule has 7 nitrogen and oxygen atoms in total. The van der Waals surface area contributed by atoms with Crippen LogP contribution in [0.4, 0.5) is 9.93 Å². The van der Waals surface area contributed by atoms with Crippen molar-refractivity contribution in [3.63, 3.8) is 0 Å². The minimum absolute atomic E-state index is 0.0319. The van der Waals surface area contributed by atoms with Gasteiger partial charge in [0.1, 0.15) is 10.6 Å². The molecule has 0 unspecified atom stereocenters. The van der Waals surface area contributed by atoms with Crippen LogP contribution in [0.3, 0.4) is 0 Å². The molecule has 18 heavy (non-hydrogen) atoms. The van der Waals surface area contributed by atoms with E-state index < -0.39 is 17.7 Å². The Morgan fingerprint density at radius 1 is 1.33 bits per heavy atom. The van der Waals surface area contributed by atoms with Crippen LogP contribution in [0.2, 0.25) is 0 Å². The molecule has 8 heteroatoms. The van der Waals surface area contributed by atoms with E-state index >= 15 is 0 Å². The zero-order valence-corrected chi connectivity index (χ0v) is 11.5. The van der Waals surface area contributed by atoms with E-state index in [0.29, 0.717) is 5.01 Å². The Bertz CT molecular complexity index is 439. The number of aromatic nitrogens is 2. The van der Waals surface area contributed by atoms with Crippen LogP contribution < -0.4 is 5.32 Å². The number of carbonyl (C=O) groups is 2. The number of amides is 1. The number of nitrogens with zero attached hydrogens (tertiary/aromatic N) is 2. The molecule has 0 fully saturated rings. The number of ether oxygens (including phenoxy) is 2. The van der Waals surface area contributed by atoms with Crippen molar-refractivity contribution in [2.75, 3.05) is 12.4 Å². The monoisotopic (exact) mass is 273 g/mol. The van der Waals surface area contributed by atoms with Gasteiger partial charge in [-0.1, -0.05) is 11.3 Å². The molecular weight excluding hydrogens is 258 g/mol. The summed E-state index contributed by atoms with van der Waals surface area (Å²) in [5.41, 5.74) is -0.580. The molecule has 0 spiro atoms. The van der Waals surface area contributed by atoms with Gasteiger partial charge in [0.25, 0.3) is 0 Å². The van der Waals surface area contributed by atoms with Gasteiger partial charge in [0, 0.05) is 0 Å². The van der Waals surface area contributed by atoms with Crippen LogP contribution in [-0.2, 0) is 20.7 Å². The number of methoxy groups -OCH3 is 1. The fourth-order valence-corrected chi connectivity index (χ4v) is 1.67. The largest absolute Gasteiger partial charge is 0.469 e. The first-order chi connectivity index (χ1) is 8.30. The molecule has 0 aromatic carbocycles. The second-order valence-corrected chi connectivity index (χ2v) is 5.44. The molecule has 1 amide bonds. The topological polar surface area (TPSA) is 90.4 Å². The summed E-state index contributed by atoms with van der Waals surface area (Å²) in [6, 6.07) is 0. The smallest absolute Gasteiger partial charge is 0.414 e. The second kappa shape index (κ2) is 5.76. The van der Waals surface area contributed by atoms with E-state index in [1.807, 2.05) is 0 Å². The van der Waals surface area contributed by atoms with Gasteiger partial charge < -0.3 is 9.47 Å². The minimum Gasteiger partial charge on any atom is -0.469 e. The van der Waals surface area contributed by atoms with Gasteiger partial charge in [-0.15, -0.1) is 10.2 Å². The number of rotatable bonds is 3. The summed E-state index contributed by atoms with van der Waals surface area (Å²) >= 11 is 1.10. The van der Waals surface area contributed by atoms with Gasteiger partial charge in [-0.05, 0) is 20.8 Å². The zero-order valence-electron chi connectivity index (χ0n) is 10.6. The van der Waals surface area contributed by atoms with E-state index in [9.17, 15) is 9.59 Å². The van der Waals surface area contributed by atoms with E-state index in [0.717, 1.165) is 11.3 Å². The van der Waals surface area contributed by atoms with Crippen molar-refractivity contribution in [2.24, 2.45) is 0 Å². The van der Waals surface area contributed by atoms with Crippen LogP contribution in [0.1, 0.15) is 25.8 Å². The molecule has 0 aliphatic heterocycles. The molecule has 0 aliphatic carbocycles. The number of anilines is 1. The quantitative estimate of drug-likeness (QED) is 0.841. The maximum atomic E-state index is 11.4. The Hall–Kier alpha value is -1.70. The van der Waals surface area contributed by atoms with Crippen molar-refractivity contribution < 1.29 is 19.1 Å². The number of nitrogens with one attached hydrogen (secondary N) is 1. The van der Waals surface area contributed by atoms with Crippen LogP contribution in [0.15, 0.2) is 0 Å². The predicted octanol–water partition coefficient (Wildman–Crippen LogP) is 1.60. The third kappa shape index (κ3) is 5.09. The van der Waals surface area contributed by atoms with Crippen molar-refractivity contribution in [3.05, 3.63) is 5.01 Å². The molecule has 1 aromatic heterocycles. The summed E-state index contributed by atoms with van der Waals surface area (Å²) in [6.07, 6.45) is -0.576. The van der Waals surface area contributed by atoms with Gasteiger partial charge in [0.05, 0.1) is 13.5 Å². The Kier molecular flexibility index (Phi) is 4.60. The highest BCUT2D eigenvalue weighted by Crippen LogP contribution is 2.17. The number of esters is 1. The molecular formula is C10H15N3O4S. The summed E-state index contributed by atoms with van der Waals surface area (Å²) < 4.78 is 9.55. The van der Waals surface area contributed by atoms with Crippen molar-refractivity contribution >= 4 is 28.5 Å². The van der Waals surface area contributed by atoms with E-state index in [-0.39, 0.29) is 11.6 Å². The SMILES string of the molecule is COC(=O)Cc1nnc(NC(=O)OC(C)(C)C)s1. The van der Waals surface area contributed by atoms with Gasteiger partial charge >= 0.3 is 12.1 Å². The predicted molar refractivity (Wildman–Crippen MR) is 65.5 cm³/mol. The van der Waals surface area contributed by atoms with Crippen LogP contribution in [0.5, 0.6) is 0 Å². The van der Waals surface area contributed by atoms with Gasteiger partial charge in [0.15, 0.2) is 0 Å². The van der Waals surface area contributed by atoms with Crippen molar-refractivity contribution in [1.29, 1.82) is 0 Å². The molecule has 0 bridgehead atoms. The van der Waals surface area contributed by atoms with E-state index in [1.54, 1.807) is 20.8 Å². The average Bonchev–Trinajstić information content (AvgIpc) is 2.62. The zero-order chi connectivity index (χ0) is 13.8. The maximum Gasteiger partial charge on any atom is 0.414 e. The lowest BCUT2D eigenvalue weighted by molar-refractivity contribution is -0.139. The second-order valence-electron chi connectivity index (χ2n) is 4.38. The van der Waals surface area contributed by atoms with Gasteiger partial charge in [-0.25, -0.2) is 4.79 Å². The highest BCUT2D eigenvalue weighted by molar-refractivity contribution is 7.15. The van der Waals surface area contributed by atoms with Crippen molar-refractivity contribution in [1.82, 2.24) is 10.2 Å². The number of hydrogen-bond acceptors (Lipinski definition) is 7. The number of hydrogen-bond donors (Lipinski definition) is 1. The van der Waals surface area contributed by atoms with Gasteiger partial charge in [-0.2, -0.15) is 0 Å². The Balaban J connectivity index is 2.54. The van der Waals surface area contributed by atoms with Crippen molar-refractivity contribution in [2.45, 2.75) is 32.8 Å². The molecule has 0 saturated carbocycles. The summed E-state index contributed by atoms with van der Waals surface area (Å²) in [5.74, 6) is -0.407. The summed E-state index contributed by atoms with van der Waals surface area (Å²) in [7, 11) is 1.29. The van der Waals surface area contributed by atoms with E-state index in [2.05, 4.69) is 20.3 Å². The highest BCUT2D eigenvalue weighted by atomic mass is 32.1. The highest BCUT2D eigenvalue weighted by Gasteiger charge is 2.18. The molecule has 1 N–H and O–H groups in total. The van der Waals surface area contributed by atoms with E-state index in [1.165, 1.54) is 7.11 Å². The van der Waals surface area contributed by atoms with Crippen LogP contribution >= 0.6 is 11.3 Å². The third-order valence-corrected chi connectivity index (χ3v) is 2.44. The Morgan fingerprint density at radius 2 is 2.00 bits per heavy atom. The first kappa shape index (κ1) is 14.4. The first-order valence-corrected chi connectivity index (χ1v) is 6.01. The fourth-order valence-electron chi connectivity index (χ4n) is 0.962. The summed E-state index contributed by atoms with van der Waals surface area (Å²) in [5, 5.41) is 10.7. The average molecular weight is 273 g/mol. The van der Waals surface area contributed by atoms with E-state index in [4.69, 9.17) is 4.74 Å². The third-order valence-electron chi connectivity index (χ3n) is 1.60. The summed E-state index contributed by atoms with van der Waals surface area (Å²) in [6.45, 7) is 5.28. The fraction of sp³-hybridized carbons (Fsp3) is 0.600. The minimum atomic E-state index is -0.608. The van der Waals surface area contributed by atoms with Gasteiger partial charge in [0.2, 0.25) is 5.13 Å². The van der Waals surface area contributed by atoms with Crippen molar-refractivity contribution in [3.8, 4) is 0 Å². The molecule has 1 aromatic rings. The molecule has 0 radical (unpaired) electrons. The van der Waals surface area contributed by atoms with Crippen LogP contribution in [-0.4, -0.2) is 35.0 Å². The molecule has 0 aliphatic rings. The lowest BCUT2D eigenvalue weighted by atomic mass is 10.2. The van der Waals surface area contributed by atoms with Crippen LogP contribution in [0.25, 0.3) is 0 Å². The lowest BCUT2D eigenvalue weighted by Gasteiger charge is -2.18. The maximum absolute atomic E-state index is 11.4. The first-order valence-electron chi connectivity index (χ1n) is 5.19. The Morgan fingerprint density at radius 3 is 2.56 bits per heavy atom. The molecule has 1 rings (SSSR count). The lowest BCUT2D eigenvalue weighted by Crippen LogP contribution is -2.27. The number of carbonyl (C=O) groups excluding carboxylic acids is 2. The molecule has 0 saturated heterocycles. The van der Waals surface area contributed by atoms with Gasteiger partial charge in [-0.3, -0.25) is 10.1 Å². The summed E-state index contributed by atoms with van der Waals surface area (Å²) in [4.78, 5) is 22.4. The molecule has 100 valence electrons. The molecule has 0 atom stereocenters.